The third kappa shape index (κ3) is 6.32. The van der Waals surface area contributed by atoms with Gasteiger partial charge in [0, 0.05) is 50.9 Å². The Labute approximate surface area is 212 Å². The summed E-state index contributed by atoms with van der Waals surface area (Å²) in [7, 11) is 0. The summed E-state index contributed by atoms with van der Waals surface area (Å²) in [6, 6.07) is 4.58. The molecule has 1 aromatic carbocycles. The minimum absolute atomic E-state index is 0.0130. The van der Waals surface area contributed by atoms with E-state index in [9.17, 15) is 18.8 Å². The summed E-state index contributed by atoms with van der Waals surface area (Å²) in [5.74, 6) is -0.598. The van der Waals surface area contributed by atoms with Crippen LogP contribution in [0, 0.1) is 11.7 Å². The lowest BCUT2D eigenvalue weighted by Crippen LogP contribution is -2.56. The van der Waals surface area contributed by atoms with Gasteiger partial charge in [0.1, 0.15) is 5.82 Å². The molecule has 1 saturated heterocycles. The SMILES string of the molecule is C=CCN1C(=O)NC(c2cccc(F)c2)C(C(=O)OCC)=C1CN1CCN(C(=O)CC(C)C)C(C)C1. The summed E-state index contributed by atoms with van der Waals surface area (Å²) in [5.41, 5.74) is 1.23. The highest BCUT2D eigenvalue weighted by Gasteiger charge is 2.39. The Morgan fingerprint density at radius 2 is 2.06 bits per heavy atom. The molecular formula is C27H37FN4O4. The number of rotatable bonds is 9. The van der Waals surface area contributed by atoms with Crippen molar-refractivity contribution in [1.29, 1.82) is 0 Å². The van der Waals surface area contributed by atoms with E-state index in [0.29, 0.717) is 43.9 Å². The number of hydrogen-bond donors (Lipinski definition) is 1. The topological polar surface area (TPSA) is 82.2 Å². The monoisotopic (exact) mass is 500 g/mol. The fourth-order valence-electron chi connectivity index (χ4n) is 4.81. The van der Waals surface area contributed by atoms with Crippen LogP contribution in [0.3, 0.4) is 0 Å². The van der Waals surface area contributed by atoms with Gasteiger partial charge in [-0.25, -0.2) is 14.0 Å². The van der Waals surface area contributed by atoms with Crippen LogP contribution < -0.4 is 5.32 Å². The van der Waals surface area contributed by atoms with E-state index in [4.69, 9.17) is 4.74 Å². The van der Waals surface area contributed by atoms with E-state index in [1.54, 1.807) is 25.1 Å². The van der Waals surface area contributed by atoms with Crippen molar-refractivity contribution < 1.29 is 23.5 Å². The Hall–Kier alpha value is -3.20. The van der Waals surface area contributed by atoms with Gasteiger partial charge in [0.15, 0.2) is 0 Å². The predicted molar refractivity (Wildman–Crippen MR) is 135 cm³/mol. The number of piperazine rings is 1. The Bertz CT molecular complexity index is 1020. The molecule has 0 spiro atoms. The first-order chi connectivity index (χ1) is 17.2. The molecule has 2 atom stereocenters. The largest absolute Gasteiger partial charge is 0.463 e. The van der Waals surface area contributed by atoms with Crippen molar-refractivity contribution in [3.8, 4) is 0 Å². The molecule has 9 heteroatoms. The number of ether oxygens (including phenoxy) is 1. The van der Waals surface area contributed by atoms with Crippen LogP contribution in [0.4, 0.5) is 9.18 Å². The zero-order valence-corrected chi connectivity index (χ0v) is 21.6. The molecule has 1 N–H and O–H groups in total. The third-order valence-electron chi connectivity index (χ3n) is 6.42. The van der Waals surface area contributed by atoms with Crippen molar-refractivity contribution in [2.24, 2.45) is 5.92 Å². The second-order valence-corrected chi connectivity index (χ2v) is 9.69. The normalized spacial score (nSPS) is 21.0. The van der Waals surface area contributed by atoms with E-state index in [1.165, 1.54) is 17.0 Å². The van der Waals surface area contributed by atoms with E-state index in [2.05, 4.69) is 16.8 Å². The van der Waals surface area contributed by atoms with Crippen molar-refractivity contribution in [2.75, 3.05) is 39.3 Å². The van der Waals surface area contributed by atoms with Gasteiger partial charge < -0.3 is 15.0 Å². The molecule has 36 heavy (non-hydrogen) atoms. The second kappa shape index (κ2) is 12.2. The van der Waals surface area contributed by atoms with E-state index in [1.807, 2.05) is 25.7 Å². The molecule has 3 rings (SSSR count). The van der Waals surface area contributed by atoms with Crippen molar-refractivity contribution >= 4 is 17.9 Å². The molecule has 0 radical (unpaired) electrons. The number of nitrogens with one attached hydrogen (secondary N) is 1. The number of esters is 1. The zero-order valence-electron chi connectivity index (χ0n) is 21.6. The average molecular weight is 501 g/mol. The molecule has 2 aliphatic heterocycles. The molecule has 3 amide bonds. The van der Waals surface area contributed by atoms with Gasteiger partial charge in [-0.15, -0.1) is 6.58 Å². The summed E-state index contributed by atoms with van der Waals surface area (Å²) in [6.45, 7) is 14.0. The first-order valence-electron chi connectivity index (χ1n) is 12.5. The molecule has 0 saturated carbocycles. The summed E-state index contributed by atoms with van der Waals surface area (Å²) in [6.07, 6.45) is 2.10. The predicted octanol–water partition coefficient (Wildman–Crippen LogP) is 3.47. The van der Waals surface area contributed by atoms with Gasteiger partial charge in [-0.1, -0.05) is 32.1 Å². The van der Waals surface area contributed by atoms with Crippen LogP contribution in [0.1, 0.15) is 45.7 Å². The minimum Gasteiger partial charge on any atom is -0.463 e. The smallest absolute Gasteiger partial charge is 0.338 e. The van der Waals surface area contributed by atoms with E-state index in [-0.39, 0.29) is 36.6 Å². The first-order valence-corrected chi connectivity index (χ1v) is 12.5. The number of carbonyl (C=O) groups is 3. The Balaban J connectivity index is 1.97. The van der Waals surface area contributed by atoms with Crippen LogP contribution in [-0.4, -0.2) is 78.0 Å². The number of halogens is 1. The number of urea groups is 1. The molecule has 0 bridgehead atoms. The number of benzene rings is 1. The van der Waals surface area contributed by atoms with Gasteiger partial charge in [0.2, 0.25) is 5.91 Å². The van der Waals surface area contributed by atoms with Crippen molar-refractivity contribution in [2.45, 2.75) is 46.2 Å². The van der Waals surface area contributed by atoms with Crippen LogP contribution in [0.2, 0.25) is 0 Å². The molecule has 2 heterocycles. The molecule has 1 aromatic rings. The zero-order chi connectivity index (χ0) is 26.4. The quantitative estimate of drug-likeness (QED) is 0.415. The van der Waals surface area contributed by atoms with Crippen molar-refractivity contribution in [3.63, 3.8) is 0 Å². The van der Waals surface area contributed by atoms with Crippen LogP contribution in [0.25, 0.3) is 0 Å². The van der Waals surface area contributed by atoms with Crippen LogP contribution in [0.15, 0.2) is 48.2 Å². The van der Waals surface area contributed by atoms with Gasteiger partial charge in [0.25, 0.3) is 0 Å². The van der Waals surface area contributed by atoms with Gasteiger partial charge in [0.05, 0.1) is 18.2 Å². The van der Waals surface area contributed by atoms with E-state index in [0.717, 1.165) is 0 Å². The van der Waals surface area contributed by atoms with Crippen LogP contribution >= 0.6 is 0 Å². The number of nitrogens with zero attached hydrogens (tertiary/aromatic N) is 3. The second-order valence-electron chi connectivity index (χ2n) is 9.69. The number of carbonyl (C=O) groups excluding carboxylic acids is 3. The summed E-state index contributed by atoms with van der Waals surface area (Å²) >= 11 is 0. The standard InChI is InChI=1S/C27H37FN4O4/c1-6-11-32-22(17-30-12-13-31(19(5)16-30)23(33)14-18(3)4)24(26(34)36-7-2)25(29-27(32)35)20-9-8-10-21(28)15-20/h6,8-10,15,18-19,25H,1,7,11-14,16-17H2,2-5H3,(H,29,35). The lowest BCUT2D eigenvalue weighted by Gasteiger charge is -2.43. The fraction of sp³-hybridized carbons (Fsp3) is 0.519. The fourth-order valence-corrected chi connectivity index (χ4v) is 4.81. The highest BCUT2D eigenvalue weighted by molar-refractivity contribution is 5.95. The molecule has 1 fully saturated rings. The summed E-state index contributed by atoms with van der Waals surface area (Å²) in [5, 5.41) is 2.84. The number of amides is 3. The van der Waals surface area contributed by atoms with Crippen LogP contribution in [0.5, 0.6) is 0 Å². The molecule has 196 valence electrons. The molecule has 8 nitrogen and oxygen atoms in total. The van der Waals surface area contributed by atoms with Crippen molar-refractivity contribution in [1.82, 2.24) is 20.0 Å². The Morgan fingerprint density at radius 3 is 2.67 bits per heavy atom. The van der Waals surface area contributed by atoms with Crippen LogP contribution in [-0.2, 0) is 14.3 Å². The third-order valence-corrected chi connectivity index (χ3v) is 6.42. The maximum absolute atomic E-state index is 14.1. The molecular weight excluding hydrogens is 463 g/mol. The summed E-state index contributed by atoms with van der Waals surface area (Å²) < 4.78 is 19.5. The van der Waals surface area contributed by atoms with Gasteiger partial charge >= 0.3 is 12.0 Å². The van der Waals surface area contributed by atoms with Gasteiger partial charge in [-0.2, -0.15) is 0 Å². The average Bonchev–Trinajstić information content (AvgIpc) is 2.80. The Morgan fingerprint density at radius 1 is 1.31 bits per heavy atom. The number of hydrogen-bond acceptors (Lipinski definition) is 5. The van der Waals surface area contributed by atoms with Gasteiger partial charge in [-0.3, -0.25) is 14.6 Å². The molecule has 0 aromatic heterocycles. The maximum atomic E-state index is 14.1. The highest BCUT2D eigenvalue weighted by atomic mass is 19.1. The van der Waals surface area contributed by atoms with Crippen molar-refractivity contribution in [3.05, 3.63) is 59.6 Å². The first kappa shape index (κ1) is 27.4. The highest BCUT2D eigenvalue weighted by Crippen LogP contribution is 2.33. The molecule has 2 unspecified atom stereocenters. The summed E-state index contributed by atoms with van der Waals surface area (Å²) in [4.78, 5) is 44.6. The van der Waals surface area contributed by atoms with Gasteiger partial charge in [-0.05, 0) is 37.5 Å². The minimum atomic E-state index is -0.852. The lowest BCUT2D eigenvalue weighted by molar-refractivity contribution is -0.139. The maximum Gasteiger partial charge on any atom is 0.338 e. The molecule has 2 aliphatic rings. The molecule has 0 aliphatic carbocycles. The van der Waals surface area contributed by atoms with E-state index >= 15 is 0 Å². The lowest BCUT2D eigenvalue weighted by atomic mass is 9.93. The Kier molecular flexibility index (Phi) is 9.25. The van der Waals surface area contributed by atoms with E-state index < -0.39 is 23.9 Å².